The standard InChI is InChI=1S/C27H34N2O6S/c1-2-32-27-20(5-3-13-30)21(25-6-4-14-36-25)16-24(35-27)26(31)29-11-9-28(10-12-29)17-19-7-8-22-23(15-19)34-18-33-22/h4,6-8,14-16,20-21,27,30H,2-3,5,9-13,17-18H2,1H3/t20-,21-,27+/m1/s1. The summed E-state index contributed by atoms with van der Waals surface area (Å²) in [6, 6.07) is 10.2. The molecule has 0 aliphatic carbocycles. The van der Waals surface area contributed by atoms with Gasteiger partial charge in [-0.05, 0) is 55.0 Å². The normalized spacial score (nSPS) is 23.9. The lowest BCUT2D eigenvalue weighted by molar-refractivity contribution is -0.170. The van der Waals surface area contributed by atoms with E-state index in [0.717, 1.165) is 37.6 Å². The van der Waals surface area contributed by atoms with E-state index in [1.54, 1.807) is 11.3 Å². The number of amides is 1. The minimum atomic E-state index is -0.509. The number of aliphatic hydroxyl groups excluding tert-OH is 1. The number of piperazine rings is 1. The molecule has 2 aromatic rings. The molecule has 5 rings (SSSR count). The third kappa shape index (κ3) is 5.54. The Bertz CT molecular complexity index is 1050. The molecule has 1 fully saturated rings. The fraction of sp³-hybridized carbons (Fsp3) is 0.519. The fourth-order valence-corrected chi connectivity index (χ4v) is 6.00. The Morgan fingerprint density at radius 1 is 1.17 bits per heavy atom. The van der Waals surface area contributed by atoms with Crippen molar-refractivity contribution in [2.45, 2.75) is 38.5 Å². The molecule has 0 bridgehead atoms. The van der Waals surface area contributed by atoms with Crippen LogP contribution in [0.5, 0.6) is 11.5 Å². The zero-order chi connectivity index (χ0) is 24.9. The summed E-state index contributed by atoms with van der Waals surface area (Å²) in [4.78, 5) is 18.9. The molecule has 36 heavy (non-hydrogen) atoms. The van der Waals surface area contributed by atoms with Gasteiger partial charge in [0.1, 0.15) is 0 Å². The van der Waals surface area contributed by atoms with Crippen molar-refractivity contribution in [1.29, 1.82) is 0 Å². The minimum absolute atomic E-state index is 0.0214. The van der Waals surface area contributed by atoms with E-state index in [2.05, 4.69) is 22.4 Å². The highest BCUT2D eigenvalue weighted by atomic mass is 32.1. The maximum absolute atomic E-state index is 13.5. The second kappa shape index (κ2) is 11.6. The zero-order valence-corrected chi connectivity index (χ0v) is 21.5. The first-order valence-corrected chi connectivity index (χ1v) is 13.6. The molecule has 0 saturated carbocycles. The lowest BCUT2D eigenvalue weighted by Crippen LogP contribution is -2.49. The molecule has 194 valence electrons. The average Bonchev–Trinajstić information content (AvgIpc) is 3.60. The minimum Gasteiger partial charge on any atom is -0.459 e. The van der Waals surface area contributed by atoms with Gasteiger partial charge in [-0.2, -0.15) is 0 Å². The van der Waals surface area contributed by atoms with Gasteiger partial charge < -0.3 is 29.0 Å². The molecule has 3 atom stereocenters. The summed E-state index contributed by atoms with van der Waals surface area (Å²) < 4.78 is 23.0. The fourth-order valence-electron chi connectivity index (χ4n) is 5.13. The van der Waals surface area contributed by atoms with Crippen LogP contribution in [-0.4, -0.2) is 73.3 Å². The third-order valence-corrected chi connectivity index (χ3v) is 7.97. The number of ether oxygens (including phenoxy) is 4. The number of fused-ring (bicyclic) bond motifs is 1. The summed E-state index contributed by atoms with van der Waals surface area (Å²) in [6.45, 7) is 6.49. The Morgan fingerprint density at radius 3 is 2.75 bits per heavy atom. The Labute approximate surface area is 216 Å². The van der Waals surface area contributed by atoms with Crippen LogP contribution < -0.4 is 9.47 Å². The number of aliphatic hydroxyl groups is 1. The largest absolute Gasteiger partial charge is 0.459 e. The first-order chi connectivity index (χ1) is 17.7. The topological polar surface area (TPSA) is 80.7 Å². The van der Waals surface area contributed by atoms with Gasteiger partial charge in [0.05, 0.1) is 0 Å². The predicted molar refractivity (Wildman–Crippen MR) is 136 cm³/mol. The predicted octanol–water partition coefficient (Wildman–Crippen LogP) is 3.57. The van der Waals surface area contributed by atoms with Crippen LogP contribution in [0.3, 0.4) is 0 Å². The third-order valence-electron chi connectivity index (χ3n) is 7.00. The van der Waals surface area contributed by atoms with Crippen molar-refractivity contribution in [3.05, 3.63) is 58.0 Å². The number of hydrogen-bond acceptors (Lipinski definition) is 8. The van der Waals surface area contributed by atoms with E-state index < -0.39 is 6.29 Å². The van der Waals surface area contributed by atoms with Crippen LogP contribution in [0.4, 0.5) is 0 Å². The van der Waals surface area contributed by atoms with Crippen molar-refractivity contribution < 1.29 is 28.8 Å². The molecule has 1 amide bonds. The zero-order valence-electron chi connectivity index (χ0n) is 20.6. The molecule has 3 aliphatic rings. The molecule has 1 aromatic heterocycles. The van der Waals surface area contributed by atoms with E-state index in [-0.39, 0.29) is 31.1 Å². The van der Waals surface area contributed by atoms with Crippen molar-refractivity contribution in [3.8, 4) is 11.5 Å². The molecule has 0 unspecified atom stereocenters. The van der Waals surface area contributed by atoms with Crippen LogP contribution in [-0.2, 0) is 20.8 Å². The van der Waals surface area contributed by atoms with Crippen LogP contribution in [0, 0.1) is 5.92 Å². The summed E-state index contributed by atoms with van der Waals surface area (Å²) >= 11 is 1.68. The van der Waals surface area contributed by atoms with E-state index in [4.69, 9.17) is 18.9 Å². The molecular weight excluding hydrogens is 480 g/mol. The number of carbonyl (C=O) groups excluding carboxylic acids is 1. The molecule has 1 saturated heterocycles. The van der Waals surface area contributed by atoms with Crippen molar-refractivity contribution in [3.63, 3.8) is 0 Å². The maximum Gasteiger partial charge on any atom is 0.288 e. The van der Waals surface area contributed by atoms with Gasteiger partial charge >= 0.3 is 0 Å². The Hall–Kier alpha value is -2.59. The van der Waals surface area contributed by atoms with E-state index in [1.807, 2.05) is 36.1 Å². The van der Waals surface area contributed by atoms with Crippen LogP contribution in [0.15, 0.2) is 47.5 Å². The number of allylic oxidation sites excluding steroid dienone is 1. The van der Waals surface area contributed by atoms with Crippen LogP contribution in [0.1, 0.15) is 36.1 Å². The van der Waals surface area contributed by atoms with Gasteiger partial charge in [0.25, 0.3) is 5.91 Å². The van der Waals surface area contributed by atoms with Gasteiger partial charge in [0.15, 0.2) is 17.3 Å². The molecule has 0 radical (unpaired) electrons. The van der Waals surface area contributed by atoms with Gasteiger partial charge in [-0.1, -0.05) is 12.1 Å². The summed E-state index contributed by atoms with van der Waals surface area (Å²) in [6.07, 6.45) is 2.90. The van der Waals surface area contributed by atoms with Crippen molar-refractivity contribution in [2.24, 2.45) is 5.92 Å². The lowest BCUT2D eigenvalue weighted by atomic mass is 9.84. The number of hydrogen-bond donors (Lipinski definition) is 1. The van der Waals surface area contributed by atoms with Gasteiger partial charge in [-0.3, -0.25) is 9.69 Å². The summed E-state index contributed by atoms with van der Waals surface area (Å²) in [5, 5.41) is 11.5. The van der Waals surface area contributed by atoms with E-state index >= 15 is 0 Å². The second-order valence-corrected chi connectivity index (χ2v) is 10.3. The Kier molecular flexibility index (Phi) is 8.11. The van der Waals surface area contributed by atoms with Crippen molar-refractivity contribution in [2.75, 3.05) is 46.2 Å². The van der Waals surface area contributed by atoms with Gasteiger partial charge in [0, 0.05) is 62.7 Å². The number of rotatable bonds is 9. The Morgan fingerprint density at radius 2 is 2.00 bits per heavy atom. The number of thiophene rings is 1. The van der Waals surface area contributed by atoms with Crippen molar-refractivity contribution in [1.82, 2.24) is 9.80 Å². The van der Waals surface area contributed by atoms with Gasteiger partial charge in [0.2, 0.25) is 13.1 Å². The summed E-state index contributed by atoms with van der Waals surface area (Å²) in [7, 11) is 0. The lowest BCUT2D eigenvalue weighted by Gasteiger charge is -2.39. The number of carbonyl (C=O) groups is 1. The molecule has 1 N–H and O–H groups in total. The molecular formula is C27H34N2O6S. The van der Waals surface area contributed by atoms with E-state index in [1.165, 1.54) is 10.4 Å². The SMILES string of the molecule is CCO[C@H]1OC(C(=O)N2CCN(Cc3ccc4c(c3)OCO4)CC2)=C[C@@H](c2cccs2)[C@H]1CCCO. The maximum atomic E-state index is 13.5. The number of nitrogens with zero attached hydrogens (tertiary/aromatic N) is 2. The summed E-state index contributed by atoms with van der Waals surface area (Å²) in [5.41, 5.74) is 1.17. The van der Waals surface area contributed by atoms with E-state index in [9.17, 15) is 9.90 Å². The van der Waals surface area contributed by atoms with Gasteiger partial charge in [-0.15, -0.1) is 11.3 Å². The second-order valence-electron chi connectivity index (χ2n) is 9.30. The van der Waals surface area contributed by atoms with Crippen LogP contribution in [0.2, 0.25) is 0 Å². The first kappa shape index (κ1) is 25.1. The molecule has 8 nitrogen and oxygen atoms in total. The molecule has 4 heterocycles. The number of benzene rings is 1. The molecule has 3 aliphatic heterocycles. The highest BCUT2D eigenvalue weighted by molar-refractivity contribution is 7.10. The average molecular weight is 515 g/mol. The first-order valence-electron chi connectivity index (χ1n) is 12.7. The van der Waals surface area contributed by atoms with E-state index in [0.29, 0.717) is 31.9 Å². The monoisotopic (exact) mass is 514 g/mol. The smallest absolute Gasteiger partial charge is 0.288 e. The highest BCUT2D eigenvalue weighted by Gasteiger charge is 2.39. The Balaban J connectivity index is 1.25. The highest BCUT2D eigenvalue weighted by Crippen LogP contribution is 2.41. The quantitative estimate of drug-likeness (QED) is 0.548. The van der Waals surface area contributed by atoms with Crippen molar-refractivity contribution >= 4 is 17.2 Å². The molecule has 9 heteroatoms. The summed E-state index contributed by atoms with van der Waals surface area (Å²) in [5.74, 6) is 1.95. The van der Waals surface area contributed by atoms with Crippen LogP contribution >= 0.6 is 11.3 Å². The molecule has 0 spiro atoms. The molecule has 1 aromatic carbocycles. The van der Waals surface area contributed by atoms with Crippen LogP contribution in [0.25, 0.3) is 0 Å². The van der Waals surface area contributed by atoms with Gasteiger partial charge in [-0.25, -0.2) is 0 Å².